The summed E-state index contributed by atoms with van der Waals surface area (Å²) in [7, 11) is -4.24. The maximum Gasteiger partial charge on any atom is 0.417 e. The average Bonchev–Trinajstić information content (AvgIpc) is 2.83. The van der Waals surface area contributed by atoms with Crippen molar-refractivity contribution in [1.82, 2.24) is 10.2 Å². The van der Waals surface area contributed by atoms with Gasteiger partial charge in [0.25, 0.3) is 0 Å². The van der Waals surface area contributed by atoms with E-state index in [1.165, 1.54) is 17.0 Å². The number of sulfonamides is 1. The van der Waals surface area contributed by atoms with E-state index in [1.807, 2.05) is 6.92 Å². The normalized spacial score (nSPS) is 12.6. The van der Waals surface area contributed by atoms with E-state index in [9.17, 15) is 31.2 Å². The summed E-state index contributed by atoms with van der Waals surface area (Å²) in [5, 5.41) is 2.63. The van der Waals surface area contributed by atoms with Gasteiger partial charge in [0.2, 0.25) is 21.8 Å². The molecule has 0 bridgehead atoms. The summed E-state index contributed by atoms with van der Waals surface area (Å²) in [5.74, 6) is -1.26. The van der Waals surface area contributed by atoms with Crippen molar-refractivity contribution in [1.29, 1.82) is 0 Å². The molecule has 0 radical (unpaired) electrons. The highest BCUT2D eigenvalue weighted by atomic mass is 35.5. The van der Waals surface area contributed by atoms with Crippen LogP contribution in [0, 0.1) is 0 Å². The average molecular weight is 631 g/mol. The Kier molecular flexibility index (Phi) is 11.8. The topological polar surface area (TPSA) is 86.8 Å². The van der Waals surface area contributed by atoms with E-state index < -0.39 is 56.9 Å². The van der Waals surface area contributed by atoms with E-state index in [0.29, 0.717) is 28.9 Å². The predicted molar refractivity (Wildman–Crippen MR) is 148 cm³/mol. The van der Waals surface area contributed by atoms with Gasteiger partial charge in [-0.2, -0.15) is 13.2 Å². The highest BCUT2D eigenvalue weighted by molar-refractivity contribution is 7.92. The molecule has 0 fully saturated rings. The third-order valence-corrected chi connectivity index (χ3v) is 7.98. The lowest BCUT2D eigenvalue weighted by atomic mass is 10.1. The second-order valence-corrected chi connectivity index (χ2v) is 11.9. The zero-order chi connectivity index (χ0) is 29.5. The number of alkyl halides is 3. The molecule has 0 unspecified atom stereocenters. The van der Waals surface area contributed by atoms with Crippen LogP contribution in [0.1, 0.15) is 44.2 Å². The molecule has 0 aliphatic heterocycles. The Morgan fingerprint density at radius 2 is 1.64 bits per heavy atom. The molecule has 1 N–H and O–H groups in total. The van der Waals surface area contributed by atoms with Crippen molar-refractivity contribution in [2.75, 3.05) is 23.7 Å². The summed E-state index contributed by atoms with van der Waals surface area (Å²) in [6.45, 7) is 3.01. The summed E-state index contributed by atoms with van der Waals surface area (Å²) in [6.07, 6.45) is -2.37. The lowest BCUT2D eigenvalue weighted by Gasteiger charge is -2.33. The summed E-state index contributed by atoms with van der Waals surface area (Å²) in [5.41, 5.74) is -1.15. The Morgan fingerprint density at radius 1 is 1.00 bits per heavy atom. The fourth-order valence-corrected chi connectivity index (χ4v) is 5.15. The first-order valence-corrected chi connectivity index (χ1v) is 14.9. The smallest absolute Gasteiger partial charge is 0.354 e. The van der Waals surface area contributed by atoms with Gasteiger partial charge in [-0.25, -0.2) is 8.42 Å². The van der Waals surface area contributed by atoms with Crippen molar-refractivity contribution in [3.63, 3.8) is 0 Å². The molecule has 2 amide bonds. The zero-order valence-corrected chi connectivity index (χ0v) is 24.6. The molecular formula is C25H29Cl3F3N3O4S. The zero-order valence-electron chi connectivity index (χ0n) is 21.5. The van der Waals surface area contributed by atoms with Crippen molar-refractivity contribution in [3.8, 4) is 0 Å². The van der Waals surface area contributed by atoms with Crippen LogP contribution in [0.15, 0.2) is 36.4 Å². The molecule has 0 saturated heterocycles. The molecule has 0 aromatic heterocycles. The molecule has 0 aliphatic rings. The maximum absolute atomic E-state index is 13.6. The maximum atomic E-state index is 13.6. The Labute approximate surface area is 241 Å². The van der Waals surface area contributed by atoms with Gasteiger partial charge in [-0.1, -0.05) is 61.1 Å². The van der Waals surface area contributed by atoms with Crippen LogP contribution in [0.2, 0.25) is 15.1 Å². The molecule has 0 heterocycles. The minimum Gasteiger partial charge on any atom is -0.354 e. The number of hydrogen-bond acceptors (Lipinski definition) is 4. The van der Waals surface area contributed by atoms with Gasteiger partial charge < -0.3 is 10.2 Å². The van der Waals surface area contributed by atoms with Crippen LogP contribution in [0.5, 0.6) is 0 Å². The van der Waals surface area contributed by atoms with E-state index >= 15 is 0 Å². The van der Waals surface area contributed by atoms with Crippen LogP contribution in [-0.4, -0.2) is 50.5 Å². The summed E-state index contributed by atoms with van der Waals surface area (Å²) >= 11 is 17.8. The highest BCUT2D eigenvalue weighted by Crippen LogP contribution is 2.37. The fourth-order valence-electron chi connectivity index (χ4n) is 3.76. The summed E-state index contributed by atoms with van der Waals surface area (Å²) < 4.78 is 66.2. The molecule has 216 valence electrons. The van der Waals surface area contributed by atoms with Gasteiger partial charge in [-0.05, 0) is 48.7 Å². The first-order valence-electron chi connectivity index (χ1n) is 12.0. The number of carbonyl (C=O) groups excluding carboxylic acids is 2. The van der Waals surface area contributed by atoms with Crippen molar-refractivity contribution in [2.45, 2.75) is 51.9 Å². The SMILES string of the molecule is CCCCNC(=O)[C@H](CC)N(Cc1ccc(Cl)c(Cl)c1)C(=O)CN(c1ccc(Cl)c(C(F)(F)F)c1)S(C)(=O)=O. The van der Waals surface area contributed by atoms with E-state index in [4.69, 9.17) is 34.8 Å². The van der Waals surface area contributed by atoms with Crippen LogP contribution in [0.4, 0.5) is 18.9 Å². The van der Waals surface area contributed by atoms with Gasteiger partial charge in [0, 0.05) is 13.1 Å². The van der Waals surface area contributed by atoms with Crippen LogP contribution < -0.4 is 9.62 Å². The van der Waals surface area contributed by atoms with Gasteiger partial charge in [0.15, 0.2) is 0 Å². The molecule has 0 saturated carbocycles. The minimum absolute atomic E-state index is 0.137. The molecule has 39 heavy (non-hydrogen) atoms. The molecule has 0 aliphatic carbocycles. The van der Waals surface area contributed by atoms with Gasteiger partial charge in [-0.15, -0.1) is 0 Å². The number of anilines is 1. The minimum atomic E-state index is -4.86. The third kappa shape index (κ3) is 9.16. The first-order chi connectivity index (χ1) is 18.1. The van der Waals surface area contributed by atoms with Gasteiger partial charge in [0.05, 0.1) is 32.6 Å². The molecule has 7 nitrogen and oxygen atoms in total. The Morgan fingerprint density at radius 3 is 2.18 bits per heavy atom. The lowest BCUT2D eigenvalue weighted by Crippen LogP contribution is -2.52. The molecule has 2 rings (SSSR count). The summed E-state index contributed by atoms with van der Waals surface area (Å²) in [6, 6.07) is 6.17. The lowest BCUT2D eigenvalue weighted by molar-refractivity contribution is -0.140. The van der Waals surface area contributed by atoms with Crippen molar-refractivity contribution in [2.24, 2.45) is 0 Å². The fraction of sp³-hybridized carbons (Fsp3) is 0.440. The van der Waals surface area contributed by atoms with Gasteiger partial charge >= 0.3 is 6.18 Å². The second-order valence-electron chi connectivity index (χ2n) is 8.77. The number of nitrogens with one attached hydrogen (secondary N) is 1. The van der Waals surface area contributed by atoms with Gasteiger partial charge in [-0.3, -0.25) is 13.9 Å². The first kappa shape index (κ1) is 33.0. The van der Waals surface area contributed by atoms with Crippen LogP contribution >= 0.6 is 34.8 Å². The molecule has 14 heteroatoms. The number of unbranched alkanes of at least 4 members (excludes halogenated alkanes) is 1. The quantitative estimate of drug-likeness (QED) is 0.285. The number of hydrogen-bond donors (Lipinski definition) is 1. The van der Waals surface area contributed by atoms with Gasteiger partial charge in [0.1, 0.15) is 12.6 Å². The number of carbonyl (C=O) groups is 2. The van der Waals surface area contributed by atoms with Crippen molar-refractivity contribution in [3.05, 3.63) is 62.6 Å². The van der Waals surface area contributed by atoms with Crippen molar-refractivity contribution < 1.29 is 31.2 Å². The molecule has 2 aromatic carbocycles. The van der Waals surface area contributed by atoms with Crippen LogP contribution in [0.3, 0.4) is 0 Å². The molecule has 0 spiro atoms. The van der Waals surface area contributed by atoms with E-state index in [2.05, 4.69) is 5.32 Å². The van der Waals surface area contributed by atoms with E-state index in [-0.39, 0.29) is 23.0 Å². The number of halogens is 6. The van der Waals surface area contributed by atoms with E-state index in [0.717, 1.165) is 24.8 Å². The standard InChI is InChI=1S/C25H29Cl3F3N3O4S/c1-4-6-11-32-24(36)22(5-2)33(14-16-7-9-20(27)21(28)12-16)23(35)15-34(39(3,37)38)17-8-10-19(26)18(13-17)25(29,30)31/h7-10,12-13,22H,4-6,11,14-15H2,1-3H3,(H,32,36)/t22-/m0/s1. The second kappa shape index (κ2) is 13.9. The van der Waals surface area contributed by atoms with E-state index in [1.54, 1.807) is 13.0 Å². The van der Waals surface area contributed by atoms with Crippen LogP contribution in [0.25, 0.3) is 0 Å². The largest absolute Gasteiger partial charge is 0.417 e. The Hall–Kier alpha value is -2.21. The molecular weight excluding hydrogens is 602 g/mol. The molecule has 1 atom stereocenters. The molecule has 2 aromatic rings. The predicted octanol–water partition coefficient (Wildman–Crippen LogP) is 6.16. The number of nitrogens with zero attached hydrogens (tertiary/aromatic N) is 2. The highest BCUT2D eigenvalue weighted by Gasteiger charge is 2.36. The number of rotatable bonds is 12. The Balaban J connectivity index is 2.52. The Bertz CT molecular complexity index is 1290. The van der Waals surface area contributed by atoms with Crippen molar-refractivity contribution >= 4 is 62.3 Å². The number of amides is 2. The summed E-state index contributed by atoms with van der Waals surface area (Å²) in [4.78, 5) is 27.9. The monoisotopic (exact) mass is 629 g/mol. The van der Waals surface area contributed by atoms with Crippen LogP contribution in [-0.2, 0) is 32.3 Å². The third-order valence-electron chi connectivity index (χ3n) is 5.77. The number of benzene rings is 2.